The third kappa shape index (κ3) is 4.35. The Kier molecular flexibility index (Phi) is 5.61. The molecule has 0 amide bonds. The molecule has 1 aromatic carbocycles. The molecule has 0 unspecified atom stereocenters. The van der Waals surface area contributed by atoms with Crippen LogP contribution in [0.2, 0.25) is 5.02 Å². The monoisotopic (exact) mass is 305 g/mol. The van der Waals surface area contributed by atoms with E-state index in [9.17, 15) is 8.42 Å². The Morgan fingerprint density at radius 3 is 2.37 bits per heavy atom. The molecule has 0 spiro atoms. The average Bonchev–Trinajstić information content (AvgIpc) is 2.31. The summed E-state index contributed by atoms with van der Waals surface area (Å²) in [4.78, 5) is 2.18. The average molecular weight is 306 g/mol. The van der Waals surface area contributed by atoms with E-state index in [-0.39, 0.29) is 9.92 Å². The SMILES string of the molecule is CN(C)CCCN(C)S(=O)(=O)c1ccc(N)c(Cl)c1. The van der Waals surface area contributed by atoms with Gasteiger partial charge in [-0.2, -0.15) is 0 Å². The Morgan fingerprint density at radius 1 is 1.21 bits per heavy atom. The lowest BCUT2D eigenvalue weighted by Gasteiger charge is -2.18. The largest absolute Gasteiger partial charge is 0.398 e. The second-order valence-corrected chi connectivity index (χ2v) is 7.12. The van der Waals surface area contributed by atoms with E-state index in [1.165, 1.54) is 22.5 Å². The molecule has 2 N–H and O–H groups in total. The number of benzene rings is 1. The fraction of sp³-hybridized carbons (Fsp3) is 0.500. The number of hydrogen-bond acceptors (Lipinski definition) is 4. The molecule has 7 heteroatoms. The summed E-state index contributed by atoms with van der Waals surface area (Å²) in [6.45, 7) is 1.30. The number of nitrogens with two attached hydrogens (primary N) is 1. The van der Waals surface area contributed by atoms with Crippen molar-refractivity contribution in [2.24, 2.45) is 0 Å². The molecule has 0 aliphatic heterocycles. The number of sulfonamides is 1. The van der Waals surface area contributed by atoms with Crippen molar-refractivity contribution >= 4 is 27.3 Å². The molecule has 0 atom stereocenters. The van der Waals surface area contributed by atoms with Gasteiger partial charge in [0.1, 0.15) is 0 Å². The van der Waals surface area contributed by atoms with Crippen LogP contribution in [-0.4, -0.2) is 51.9 Å². The molecular formula is C12H20ClN3O2S. The van der Waals surface area contributed by atoms with E-state index < -0.39 is 10.0 Å². The quantitative estimate of drug-likeness (QED) is 0.809. The summed E-state index contributed by atoms with van der Waals surface area (Å²) in [5.74, 6) is 0. The minimum atomic E-state index is -3.50. The summed E-state index contributed by atoms with van der Waals surface area (Å²) in [6.07, 6.45) is 0.769. The van der Waals surface area contributed by atoms with Gasteiger partial charge < -0.3 is 10.6 Å². The van der Waals surface area contributed by atoms with Crippen molar-refractivity contribution in [3.63, 3.8) is 0 Å². The Bertz CT molecular complexity index is 532. The molecule has 0 aromatic heterocycles. The molecule has 1 aromatic rings. The van der Waals surface area contributed by atoms with Gasteiger partial charge in [0, 0.05) is 13.6 Å². The Hall–Kier alpha value is -0.820. The van der Waals surface area contributed by atoms with Gasteiger partial charge in [0.25, 0.3) is 0 Å². The van der Waals surface area contributed by atoms with Crippen LogP contribution >= 0.6 is 11.6 Å². The van der Waals surface area contributed by atoms with Crippen LogP contribution in [0.4, 0.5) is 5.69 Å². The van der Waals surface area contributed by atoms with Crippen molar-refractivity contribution < 1.29 is 8.42 Å². The van der Waals surface area contributed by atoms with Crippen LogP contribution < -0.4 is 5.73 Å². The third-order valence-corrected chi connectivity index (χ3v) is 4.94. The summed E-state index contributed by atoms with van der Waals surface area (Å²) >= 11 is 5.86. The summed E-state index contributed by atoms with van der Waals surface area (Å²) in [5.41, 5.74) is 5.95. The van der Waals surface area contributed by atoms with Crippen molar-refractivity contribution in [2.75, 3.05) is 40.0 Å². The zero-order valence-electron chi connectivity index (χ0n) is 11.4. The minimum absolute atomic E-state index is 0.166. The van der Waals surface area contributed by atoms with Gasteiger partial charge in [-0.15, -0.1) is 0 Å². The molecule has 0 heterocycles. The van der Waals surface area contributed by atoms with E-state index in [0.717, 1.165) is 13.0 Å². The summed E-state index contributed by atoms with van der Waals surface area (Å²) in [6, 6.07) is 4.36. The highest BCUT2D eigenvalue weighted by Crippen LogP contribution is 2.24. The lowest BCUT2D eigenvalue weighted by molar-refractivity contribution is 0.370. The molecule has 0 aliphatic carbocycles. The fourth-order valence-electron chi connectivity index (χ4n) is 1.58. The molecule has 0 saturated heterocycles. The Labute approximate surface area is 120 Å². The predicted molar refractivity (Wildman–Crippen MR) is 78.9 cm³/mol. The van der Waals surface area contributed by atoms with Crippen LogP contribution in [0.25, 0.3) is 0 Å². The smallest absolute Gasteiger partial charge is 0.242 e. The first-order chi connectivity index (χ1) is 8.75. The van der Waals surface area contributed by atoms with Gasteiger partial charge in [0.2, 0.25) is 10.0 Å². The van der Waals surface area contributed by atoms with Crippen LogP contribution in [-0.2, 0) is 10.0 Å². The van der Waals surface area contributed by atoms with E-state index >= 15 is 0 Å². The first-order valence-electron chi connectivity index (χ1n) is 5.91. The highest BCUT2D eigenvalue weighted by molar-refractivity contribution is 7.89. The predicted octanol–water partition coefficient (Wildman–Crippen LogP) is 1.49. The molecule has 0 bridgehead atoms. The van der Waals surface area contributed by atoms with Gasteiger partial charge in [0.05, 0.1) is 15.6 Å². The maximum atomic E-state index is 12.3. The summed E-state index contributed by atoms with van der Waals surface area (Å²) < 4.78 is 25.9. The van der Waals surface area contributed by atoms with Crippen molar-refractivity contribution in [1.82, 2.24) is 9.21 Å². The minimum Gasteiger partial charge on any atom is -0.398 e. The molecule has 0 fully saturated rings. The molecular weight excluding hydrogens is 286 g/mol. The summed E-state index contributed by atoms with van der Waals surface area (Å²) in [5, 5.41) is 0.253. The van der Waals surface area contributed by atoms with Gasteiger partial charge in [0.15, 0.2) is 0 Å². The number of nitrogen functional groups attached to an aromatic ring is 1. The van der Waals surface area contributed by atoms with Gasteiger partial charge in [-0.25, -0.2) is 12.7 Å². The Balaban J connectivity index is 2.81. The lowest BCUT2D eigenvalue weighted by Crippen LogP contribution is -2.29. The first kappa shape index (κ1) is 16.2. The van der Waals surface area contributed by atoms with E-state index in [1.807, 2.05) is 19.0 Å². The van der Waals surface area contributed by atoms with Gasteiger partial charge in [-0.1, -0.05) is 11.6 Å². The number of nitrogens with zero attached hydrogens (tertiary/aromatic N) is 2. The first-order valence-corrected chi connectivity index (χ1v) is 7.73. The van der Waals surface area contributed by atoms with E-state index in [0.29, 0.717) is 12.2 Å². The van der Waals surface area contributed by atoms with E-state index in [2.05, 4.69) is 0 Å². The molecule has 0 aliphatic rings. The highest BCUT2D eigenvalue weighted by Gasteiger charge is 2.21. The number of hydrogen-bond donors (Lipinski definition) is 1. The van der Waals surface area contributed by atoms with Crippen LogP contribution in [0.1, 0.15) is 6.42 Å². The maximum absolute atomic E-state index is 12.3. The standard InChI is InChI=1S/C12H20ClN3O2S/c1-15(2)7-4-8-16(3)19(17,18)10-5-6-12(14)11(13)9-10/h5-6,9H,4,7-8,14H2,1-3H3. The van der Waals surface area contributed by atoms with Gasteiger partial charge in [-0.3, -0.25) is 0 Å². The second-order valence-electron chi connectivity index (χ2n) is 4.67. The molecule has 108 valence electrons. The van der Waals surface area contributed by atoms with Crippen LogP contribution in [0, 0.1) is 0 Å². The van der Waals surface area contributed by atoms with Crippen LogP contribution in [0.15, 0.2) is 23.1 Å². The lowest BCUT2D eigenvalue weighted by atomic mass is 10.3. The maximum Gasteiger partial charge on any atom is 0.242 e. The van der Waals surface area contributed by atoms with Crippen LogP contribution in [0.3, 0.4) is 0 Å². The van der Waals surface area contributed by atoms with Crippen LogP contribution in [0.5, 0.6) is 0 Å². The van der Waals surface area contributed by atoms with Crippen molar-refractivity contribution in [3.05, 3.63) is 23.2 Å². The summed E-state index contributed by atoms with van der Waals surface area (Å²) in [7, 11) is 1.97. The zero-order valence-corrected chi connectivity index (χ0v) is 13.0. The number of halogens is 1. The zero-order chi connectivity index (χ0) is 14.6. The third-order valence-electron chi connectivity index (χ3n) is 2.76. The van der Waals surface area contributed by atoms with Crippen molar-refractivity contribution in [3.8, 4) is 0 Å². The molecule has 1 rings (SSSR count). The topological polar surface area (TPSA) is 66.6 Å². The van der Waals surface area contributed by atoms with Gasteiger partial charge in [-0.05, 0) is 45.3 Å². The Morgan fingerprint density at radius 2 is 1.84 bits per heavy atom. The van der Waals surface area contributed by atoms with E-state index in [1.54, 1.807) is 7.05 Å². The van der Waals surface area contributed by atoms with Crippen molar-refractivity contribution in [1.29, 1.82) is 0 Å². The van der Waals surface area contributed by atoms with Crippen molar-refractivity contribution in [2.45, 2.75) is 11.3 Å². The normalized spacial score (nSPS) is 12.3. The number of rotatable bonds is 6. The highest BCUT2D eigenvalue weighted by atomic mass is 35.5. The molecule has 0 radical (unpaired) electrons. The van der Waals surface area contributed by atoms with Gasteiger partial charge >= 0.3 is 0 Å². The fourth-order valence-corrected chi connectivity index (χ4v) is 3.06. The molecule has 0 saturated carbocycles. The van der Waals surface area contributed by atoms with E-state index in [4.69, 9.17) is 17.3 Å². The molecule has 5 nitrogen and oxygen atoms in total. The number of anilines is 1. The molecule has 19 heavy (non-hydrogen) atoms. The second kappa shape index (κ2) is 6.56.